The van der Waals surface area contributed by atoms with E-state index in [1.165, 1.54) is 0 Å². The second-order valence-corrected chi connectivity index (χ2v) is 5.71. The molecule has 5 heteroatoms. The minimum absolute atomic E-state index is 0.115. The molecule has 3 N–H and O–H groups in total. The zero-order valence-corrected chi connectivity index (χ0v) is 14.0. The van der Waals surface area contributed by atoms with Crippen LogP contribution < -0.4 is 10.6 Å². The van der Waals surface area contributed by atoms with Crippen LogP contribution in [-0.2, 0) is 4.79 Å². The molecule has 0 saturated heterocycles. The molecule has 2 amide bonds. The van der Waals surface area contributed by atoms with Crippen molar-refractivity contribution in [1.82, 2.24) is 10.6 Å². The summed E-state index contributed by atoms with van der Waals surface area (Å²) in [7, 11) is 0. The zero-order chi connectivity index (χ0) is 27.3. The Morgan fingerprint density at radius 1 is 0.917 bits per heavy atom. The van der Waals surface area contributed by atoms with Gasteiger partial charge in [0.05, 0.1) is 1.37 Å². The van der Waals surface area contributed by atoms with Gasteiger partial charge < -0.3 is 15.7 Å². The average Bonchev–Trinajstić information content (AvgIpc) is 2.72. The molecule has 1 aliphatic rings. The Morgan fingerprint density at radius 3 is 2.04 bits per heavy atom. The number of carbonyl (C=O) groups excluding carboxylic acids is 1. The highest BCUT2D eigenvalue weighted by Gasteiger charge is 2.14. The molecular weight excluding hydrogens is 304 g/mol. The SMILES string of the molecule is [2H]C1([2H])C([2H])([2H])C([2H])([2H])C([2H])(NC(=O)NCCCCCCCCCCCC(=O)O)C([2H])([2H])C1([2H])[2H]. The van der Waals surface area contributed by atoms with Gasteiger partial charge >= 0.3 is 12.0 Å². The van der Waals surface area contributed by atoms with E-state index in [0.717, 1.165) is 44.9 Å². The lowest BCUT2D eigenvalue weighted by molar-refractivity contribution is -0.137. The van der Waals surface area contributed by atoms with Crippen molar-refractivity contribution in [3.63, 3.8) is 0 Å². The molecular formula is C19H36N2O3. The summed E-state index contributed by atoms with van der Waals surface area (Å²) >= 11 is 0. The molecule has 0 unspecified atom stereocenters. The highest BCUT2D eigenvalue weighted by Crippen LogP contribution is 2.17. The van der Waals surface area contributed by atoms with Crippen LogP contribution in [0.4, 0.5) is 4.79 Å². The lowest BCUT2D eigenvalue weighted by Crippen LogP contribution is -2.43. The van der Waals surface area contributed by atoms with Gasteiger partial charge in [-0.25, -0.2) is 4.79 Å². The molecule has 140 valence electrons. The maximum Gasteiger partial charge on any atom is 0.315 e. The maximum atomic E-state index is 12.3. The molecule has 0 aromatic rings. The Kier molecular flexibility index (Phi) is 5.55. The summed E-state index contributed by atoms with van der Waals surface area (Å²) in [6, 6.07) is -4.64. The number of aliphatic carboxylic acids is 1. The standard InChI is InChI=1S/C19H36N2O3/c22-18(23)15-11-6-4-2-1-3-5-7-12-16-20-19(24)21-17-13-9-8-10-14-17/h17H,1-16H2,(H,22,23)(H2,20,21,24)/i8D2,9D2,10D2,13D2,14D2,17D. The summed E-state index contributed by atoms with van der Waals surface area (Å²) in [4.78, 5) is 22.8. The second kappa shape index (κ2) is 14.1. The van der Waals surface area contributed by atoms with Crippen molar-refractivity contribution in [2.75, 3.05) is 6.54 Å². The molecule has 5 nitrogen and oxygen atoms in total. The van der Waals surface area contributed by atoms with Gasteiger partial charge in [-0.05, 0) is 25.6 Å². The quantitative estimate of drug-likeness (QED) is 0.424. The van der Waals surface area contributed by atoms with Crippen LogP contribution >= 0.6 is 0 Å². The molecule has 1 saturated carbocycles. The third-order valence-corrected chi connectivity index (χ3v) is 3.59. The molecule has 0 aromatic heterocycles. The summed E-state index contributed by atoms with van der Waals surface area (Å²) < 4.78 is 87.5. The summed E-state index contributed by atoms with van der Waals surface area (Å²) in [5, 5.41) is 12.7. The molecule has 24 heavy (non-hydrogen) atoms. The van der Waals surface area contributed by atoms with E-state index in [1.54, 1.807) is 5.32 Å². The average molecular weight is 352 g/mol. The number of amides is 2. The second-order valence-electron chi connectivity index (χ2n) is 5.71. The van der Waals surface area contributed by atoms with E-state index in [0.29, 0.717) is 12.8 Å². The van der Waals surface area contributed by atoms with Crippen LogP contribution in [-0.4, -0.2) is 29.7 Å². The molecule has 0 aliphatic heterocycles. The molecule has 1 fully saturated rings. The normalized spacial score (nSPS) is 33.8. The van der Waals surface area contributed by atoms with Crippen LogP contribution in [0, 0.1) is 0 Å². The van der Waals surface area contributed by atoms with Gasteiger partial charge in [-0.15, -0.1) is 0 Å². The third-order valence-electron chi connectivity index (χ3n) is 3.59. The molecule has 0 spiro atoms. The fourth-order valence-electron chi connectivity index (χ4n) is 2.31. The summed E-state index contributed by atoms with van der Waals surface area (Å²) in [5.41, 5.74) is 0. The van der Waals surface area contributed by atoms with Crippen molar-refractivity contribution in [3.05, 3.63) is 0 Å². The van der Waals surface area contributed by atoms with Crippen molar-refractivity contribution in [3.8, 4) is 0 Å². The van der Waals surface area contributed by atoms with Crippen molar-refractivity contribution in [2.45, 2.75) is 102 Å². The van der Waals surface area contributed by atoms with E-state index in [9.17, 15) is 9.59 Å². The molecule has 0 aromatic carbocycles. The van der Waals surface area contributed by atoms with Crippen molar-refractivity contribution in [1.29, 1.82) is 0 Å². The first-order valence-electron chi connectivity index (χ1n) is 14.1. The number of rotatable bonds is 13. The van der Waals surface area contributed by atoms with Crippen LogP contribution in [0.2, 0.25) is 0 Å². The number of carbonyl (C=O) groups is 2. The monoisotopic (exact) mass is 351 g/mol. The van der Waals surface area contributed by atoms with E-state index >= 15 is 0 Å². The molecule has 1 rings (SSSR count). The number of carboxylic acid groups (broad SMARTS) is 1. The van der Waals surface area contributed by atoms with Crippen molar-refractivity contribution >= 4 is 12.0 Å². The predicted molar refractivity (Wildman–Crippen MR) is 97.2 cm³/mol. The van der Waals surface area contributed by atoms with E-state index in [-0.39, 0.29) is 13.0 Å². The number of unbranched alkanes of at least 4 members (excludes halogenated alkanes) is 8. The minimum atomic E-state index is -3.64. The minimum Gasteiger partial charge on any atom is -0.481 e. The van der Waals surface area contributed by atoms with Crippen molar-refractivity contribution in [2.24, 2.45) is 0 Å². The van der Waals surface area contributed by atoms with E-state index in [4.69, 9.17) is 20.2 Å². The Hall–Kier alpha value is -1.26. The number of urea groups is 1. The smallest absolute Gasteiger partial charge is 0.315 e. The molecule has 0 bridgehead atoms. The Bertz CT molecular complexity index is 718. The maximum absolute atomic E-state index is 12.3. The van der Waals surface area contributed by atoms with Gasteiger partial charge in [0.2, 0.25) is 0 Å². The zero-order valence-electron chi connectivity index (χ0n) is 25.0. The Balaban J connectivity index is 2.53. The highest BCUT2D eigenvalue weighted by atomic mass is 16.4. The van der Waals surface area contributed by atoms with Gasteiger partial charge in [-0.2, -0.15) is 0 Å². The highest BCUT2D eigenvalue weighted by molar-refractivity contribution is 5.74. The van der Waals surface area contributed by atoms with Crippen LogP contribution in [0.15, 0.2) is 0 Å². The molecule has 1 aliphatic carbocycles. The first kappa shape index (κ1) is 9.44. The largest absolute Gasteiger partial charge is 0.481 e. The van der Waals surface area contributed by atoms with E-state index in [2.05, 4.69) is 5.32 Å². The molecule has 0 heterocycles. The van der Waals surface area contributed by atoms with Gasteiger partial charge in [-0.3, -0.25) is 4.79 Å². The van der Waals surface area contributed by atoms with Crippen LogP contribution in [0.3, 0.4) is 0 Å². The van der Waals surface area contributed by atoms with E-state index in [1.807, 2.05) is 0 Å². The van der Waals surface area contributed by atoms with Crippen molar-refractivity contribution < 1.29 is 29.8 Å². The van der Waals surface area contributed by atoms with Gasteiger partial charge in [-0.1, -0.05) is 64.1 Å². The van der Waals surface area contributed by atoms with E-state index < -0.39 is 49.9 Å². The lowest BCUT2D eigenvalue weighted by Gasteiger charge is -2.22. The number of carboxylic acids is 1. The Labute approximate surface area is 162 Å². The topological polar surface area (TPSA) is 78.4 Å². The summed E-state index contributed by atoms with van der Waals surface area (Å²) in [6.45, 7) is 0.115. The molecule has 0 atom stereocenters. The van der Waals surface area contributed by atoms with Crippen LogP contribution in [0.25, 0.3) is 0 Å². The van der Waals surface area contributed by atoms with Gasteiger partial charge in [0, 0.05) is 32.7 Å². The van der Waals surface area contributed by atoms with Gasteiger partial charge in [0.15, 0.2) is 0 Å². The first-order chi connectivity index (χ1) is 15.8. The van der Waals surface area contributed by atoms with Gasteiger partial charge in [0.25, 0.3) is 0 Å². The fraction of sp³-hybridized carbons (Fsp3) is 0.895. The number of hydrogen-bond acceptors (Lipinski definition) is 2. The first-order valence-corrected chi connectivity index (χ1v) is 8.59. The number of hydrogen-bond donors (Lipinski definition) is 3. The molecule has 0 radical (unpaired) electrons. The number of nitrogens with one attached hydrogen (secondary N) is 2. The summed E-state index contributed by atoms with van der Waals surface area (Å²) in [5.74, 6) is -0.786. The van der Waals surface area contributed by atoms with Crippen LogP contribution in [0.5, 0.6) is 0 Å². The summed E-state index contributed by atoms with van der Waals surface area (Å²) in [6.07, 6.45) is -10.3. The third kappa shape index (κ3) is 12.2. The lowest BCUT2D eigenvalue weighted by atomic mass is 9.96. The predicted octanol–water partition coefficient (Wildman–Crippen LogP) is 4.60. The van der Waals surface area contributed by atoms with Crippen LogP contribution in [0.1, 0.15) is 111 Å². The fourth-order valence-corrected chi connectivity index (χ4v) is 2.31. The Morgan fingerprint density at radius 2 is 1.46 bits per heavy atom. The van der Waals surface area contributed by atoms with Gasteiger partial charge in [0.1, 0.15) is 0 Å².